The summed E-state index contributed by atoms with van der Waals surface area (Å²) in [4.78, 5) is 21.0. The van der Waals surface area contributed by atoms with Crippen LogP contribution in [0, 0.1) is 11.3 Å². The van der Waals surface area contributed by atoms with Crippen molar-refractivity contribution in [1.82, 2.24) is 9.97 Å². The first kappa shape index (κ1) is 24.8. The highest BCUT2D eigenvalue weighted by molar-refractivity contribution is 5.87. The number of ether oxygens (including phenoxy) is 2. The number of pyridine rings is 2. The number of aromatic nitrogens is 2. The summed E-state index contributed by atoms with van der Waals surface area (Å²) in [6.07, 6.45) is 1.18. The second kappa shape index (κ2) is 11.2. The summed E-state index contributed by atoms with van der Waals surface area (Å²) in [6, 6.07) is 15.5. The van der Waals surface area contributed by atoms with Crippen molar-refractivity contribution >= 4 is 16.9 Å². The summed E-state index contributed by atoms with van der Waals surface area (Å²) in [7, 11) is 1.61. The van der Waals surface area contributed by atoms with Gasteiger partial charge in [0.1, 0.15) is 5.69 Å². The van der Waals surface area contributed by atoms with Gasteiger partial charge in [0.15, 0.2) is 0 Å². The summed E-state index contributed by atoms with van der Waals surface area (Å²) < 4.78 is 10.4. The number of benzene rings is 1. The number of hydrogen-bond acceptors (Lipinski definition) is 6. The Morgan fingerprint density at radius 1 is 1.12 bits per heavy atom. The van der Waals surface area contributed by atoms with Crippen LogP contribution in [0.15, 0.2) is 42.5 Å². The third-order valence-corrected chi connectivity index (χ3v) is 5.14. The van der Waals surface area contributed by atoms with E-state index in [9.17, 15) is 10.1 Å². The molecule has 2 aromatic heterocycles. The lowest BCUT2D eigenvalue weighted by atomic mass is 9.79. The molecule has 0 amide bonds. The smallest absolute Gasteiger partial charge is 0.356 e. The molecule has 6 heteroatoms. The molecule has 0 fully saturated rings. The van der Waals surface area contributed by atoms with E-state index in [-0.39, 0.29) is 12.3 Å². The Hall–Kier alpha value is -3.46. The van der Waals surface area contributed by atoms with Gasteiger partial charge in [-0.3, -0.25) is 0 Å². The van der Waals surface area contributed by atoms with E-state index in [0.29, 0.717) is 18.0 Å². The van der Waals surface area contributed by atoms with Crippen LogP contribution in [0.3, 0.4) is 0 Å². The fourth-order valence-corrected chi connectivity index (χ4v) is 3.43. The van der Waals surface area contributed by atoms with Crippen LogP contribution in [0.5, 0.6) is 5.88 Å². The average molecular weight is 434 g/mol. The van der Waals surface area contributed by atoms with Gasteiger partial charge in [0.25, 0.3) is 0 Å². The third-order valence-electron chi connectivity index (χ3n) is 5.14. The number of fused-ring (bicyclic) bond motifs is 1. The van der Waals surface area contributed by atoms with Crippen molar-refractivity contribution in [3.63, 3.8) is 0 Å². The van der Waals surface area contributed by atoms with Crippen LogP contribution in [0.2, 0.25) is 0 Å². The summed E-state index contributed by atoms with van der Waals surface area (Å²) in [6.45, 7) is 9.96. The van der Waals surface area contributed by atoms with Gasteiger partial charge in [-0.25, -0.2) is 14.8 Å². The van der Waals surface area contributed by atoms with Crippen molar-refractivity contribution in [3.8, 4) is 11.9 Å². The van der Waals surface area contributed by atoms with Gasteiger partial charge in [0, 0.05) is 23.1 Å². The molecule has 3 rings (SSSR count). The summed E-state index contributed by atoms with van der Waals surface area (Å²) in [5.74, 6) is 0.136. The van der Waals surface area contributed by atoms with Crippen molar-refractivity contribution in [1.29, 1.82) is 5.26 Å². The van der Waals surface area contributed by atoms with Crippen LogP contribution >= 0.6 is 0 Å². The Morgan fingerprint density at radius 3 is 2.50 bits per heavy atom. The molecular formula is C26H31N3O3. The number of carbonyl (C=O) groups is 1. The number of esters is 1. The molecule has 1 atom stereocenters. The van der Waals surface area contributed by atoms with E-state index in [0.717, 1.165) is 28.5 Å². The Balaban J connectivity index is 0.00000176. The summed E-state index contributed by atoms with van der Waals surface area (Å²) in [5, 5.41) is 11.0. The summed E-state index contributed by atoms with van der Waals surface area (Å²) in [5.41, 5.74) is 2.70. The largest absolute Gasteiger partial charge is 0.481 e. The zero-order chi connectivity index (χ0) is 23.7. The van der Waals surface area contributed by atoms with Crippen LogP contribution in [0.1, 0.15) is 61.9 Å². The molecule has 0 spiro atoms. The van der Waals surface area contributed by atoms with E-state index in [1.54, 1.807) is 26.2 Å². The molecule has 3 aromatic rings. The van der Waals surface area contributed by atoms with Gasteiger partial charge >= 0.3 is 5.97 Å². The highest BCUT2D eigenvalue weighted by atomic mass is 16.5. The Kier molecular flexibility index (Phi) is 8.71. The van der Waals surface area contributed by atoms with E-state index in [2.05, 4.69) is 29.0 Å². The van der Waals surface area contributed by atoms with Gasteiger partial charge in [-0.2, -0.15) is 5.26 Å². The standard InChI is InChI=1S/C24H25N3O3.C2H6/c1-5-16-12-17-10-11-18(13-21(17)27-22(16)29-4)24(3,15-25)14-19-8-7-9-20(26-19)23(28)30-6-2;1-2/h7-13H,5-6,14H2,1-4H3;1-2H3. The summed E-state index contributed by atoms with van der Waals surface area (Å²) >= 11 is 0. The van der Waals surface area contributed by atoms with Crippen molar-refractivity contribution in [2.45, 2.75) is 52.9 Å². The number of rotatable bonds is 7. The van der Waals surface area contributed by atoms with Gasteiger partial charge in [0.2, 0.25) is 5.88 Å². The van der Waals surface area contributed by atoms with E-state index in [4.69, 9.17) is 9.47 Å². The minimum atomic E-state index is -0.840. The SMILES string of the molecule is CC.CCOC(=O)c1cccc(CC(C)(C#N)c2ccc3cc(CC)c(OC)nc3c2)n1. The lowest BCUT2D eigenvalue weighted by Crippen LogP contribution is -2.24. The lowest BCUT2D eigenvalue weighted by molar-refractivity contribution is 0.0519. The zero-order valence-corrected chi connectivity index (χ0v) is 19.7. The molecule has 32 heavy (non-hydrogen) atoms. The van der Waals surface area contributed by atoms with Crippen LogP contribution in [-0.2, 0) is 23.0 Å². The molecular weight excluding hydrogens is 402 g/mol. The number of nitrogens with zero attached hydrogens (tertiary/aromatic N) is 3. The molecule has 0 aliphatic carbocycles. The molecule has 168 valence electrons. The number of hydrogen-bond donors (Lipinski definition) is 0. The fraction of sp³-hybridized carbons (Fsp3) is 0.385. The minimum absolute atomic E-state index is 0.242. The molecule has 0 radical (unpaired) electrons. The second-order valence-electron chi connectivity index (χ2n) is 7.27. The number of nitriles is 1. The topological polar surface area (TPSA) is 85.1 Å². The van der Waals surface area contributed by atoms with Crippen LogP contribution in [0.4, 0.5) is 0 Å². The van der Waals surface area contributed by atoms with Gasteiger partial charge in [-0.15, -0.1) is 0 Å². The number of carbonyl (C=O) groups excluding carboxylic acids is 1. The predicted octanol–water partition coefficient (Wildman–Crippen LogP) is 5.43. The van der Waals surface area contributed by atoms with E-state index in [1.807, 2.05) is 45.0 Å². The zero-order valence-electron chi connectivity index (χ0n) is 19.7. The molecule has 2 heterocycles. The maximum Gasteiger partial charge on any atom is 0.356 e. The molecule has 0 N–H and O–H groups in total. The second-order valence-corrected chi connectivity index (χ2v) is 7.27. The average Bonchev–Trinajstić information content (AvgIpc) is 2.84. The first-order chi connectivity index (χ1) is 15.4. The van der Waals surface area contributed by atoms with Crippen LogP contribution in [0.25, 0.3) is 10.9 Å². The lowest BCUT2D eigenvalue weighted by Gasteiger charge is -2.22. The van der Waals surface area contributed by atoms with Gasteiger partial charge in [0.05, 0.1) is 30.7 Å². The van der Waals surface area contributed by atoms with Crippen molar-refractivity contribution in [3.05, 3.63) is 65.0 Å². The number of aryl methyl sites for hydroxylation is 1. The number of methoxy groups -OCH3 is 1. The maximum absolute atomic E-state index is 12.0. The molecule has 6 nitrogen and oxygen atoms in total. The minimum Gasteiger partial charge on any atom is -0.481 e. The highest BCUT2D eigenvalue weighted by Gasteiger charge is 2.28. The molecule has 0 saturated carbocycles. The third kappa shape index (κ3) is 5.42. The first-order valence-electron chi connectivity index (χ1n) is 11.0. The monoisotopic (exact) mass is 433 g/mol. The van der Waals surface area contributed by atoms with E-state index in [1.165, 1.54) is 0 Å². The fourth-order valence-electron chi connectivity index (χ4n) is 3.43. The quantitative estimate of drug-likeness (QED) is 0.462. The Labute approximate surface area is 190 Å². The molecule has 1 unspecified atom stereocenters. The molecule has 1 aromatic carbocycles. The van der Waals surface area contributed by atoms with Gasteiger partial charge in [-0.05, 0) is 50.1 Å². The Bertz CT molecular complexity index is 1120. The van der Waals surface area contributed by atoms with Crippen molar-refractivity contribution < 1.29 is 14.3 Å². The van der Waals surface area contributed by atoms with Gasteiger partial charge < -0.3 is 9.47 Å². The van der Waals surface area contributed by atoms with Gasteiger partial charge in [-0.1, -0.05) is 39.0 Å². The Morgan fingerprint density at radius 2 is 1.88 bits per heavy atom. The van der Waals surface area contributed by atoms with Crippen molar-refractivity contribution in [2.75, 3.05) is 13.7 Å². The maximum atomic E-state index is 12.0. The van der Waals surface area contributed by atoms with Crippen molar-refractivity contribution in [2.24, 2.45) is 0 Å². The van der Waals surface area contributed by atoms with E-state index >= 15 is 0 Å². The van der Waals surface area contributed by atoms with E-state index < -0.39 is 11.4 Å². The van der Waals surface area contributed by atoms with Crippen LogP contribution < -0.4 is 4.74 Å². The first-order valence-corrected chi connectivity index (χ1v) is 11.0. The molecule has 0 saturated heterocycles. The molecule has 0 bridgehead atoms. The molecule has 0 aliphatic rings. The highest BCUT2D eigenvalue weighted by Crippen LogP contribution is 2.31. The van der Waals surface area contributed by atoms with Crippen LogP contribution in [-0.4, -0.2) is 29.7 Å². The molecule has 0 aliphatic heterocycles. The normalized spacial score (nSPS) is 12.2. The predicted molar refractivity (Wildman–Crippen MR) is 126 cm³/mol.